The second-order valence-electron chi connectivity index (χ2n) is 5.72. The van der Waals surface area contributed by atoms with Crippen molar-refractivity contribution in [3.8, 4) is 5.75 Å². The van der Waals surface area contributed by atoms with E-state index in [0.717, 1.165) is 11.4 Å². The van der Waals surface area contributed by atoms with Crippen LogP contribution in [0.1, 0.15) is 28.9 Å². The van der Waals surface area contributed by atoms with Gasteiger partial charge >= 0.3 is 5.97 Å². The number of carbonyl (C=O) groups is 1. The summed E-state index contributed by atoms with van der Waals surface area (Å²) in [4.78, 5) is 11.9. The van der Waals surface area contributed by atoms with Gasteiger partial charge in [0, 0.05) is 16.8 Å². The highest BCUT2D eigenvalue weighted by Crippen LogP contribution is 2.30. The molecule has 0 bridgehead atoms. The SMILES string of the molecule is Cc1cc(C)n(CCC(=O)OCc2cc(F)cc3c2OCOC3)n1. The summed E-state index contributed by atoms with van der Waals surface area (Å²) in [5, 5.41) is 4.30. The fourth-order valence-corrected chi connectivity index (χ4v) is 2.69. The minimum absolute atomic E-state index is 0.0317. The summed E-state index contributed by atoms with van der Waals surface area (Å²) in [6.45, 7) is 4.64. The number of nitrogens with zero attached hydrogens (tertiary/aromatic N) is 2. The van der Waals surface area contributed by atoms with Crippen LogP contribution in [0.25, 0.3) is 0 Å². The van der Waals surface area contributed by atoms with Gasteiger partial charge in [0.1, 0.15) is 18.2 Å². The molecule has 0 saturated carbocycles. The fraction of sp³-hybridized carbons (Fsp3) is 0.412. The van der Waals surface area contributed by atoms with E-state index in [1.165, 1.54) is 12.1 Å². The van der Waals surface area contributed by atoms with Crippen LogP contribution in [0.3, 0.4) is 0 Å². The molecule has 1 aliphatic rings. The third-order valence-electron chi connectivity index (χ3n) is 3.77. The molecule has 24 heavy (non-hydrogen) atoms. The summed E-state index contributed by atoms with van der Waals surface area (Å²) in [5.74, 6) is -0.238. The Balaban J connectivity index is 1.58. The molecule has 3 rings (SSSR count). The van der Waals surface area contributed by atoms with Crippen LogP contribution < -0.4 is 4.74 Å². The molecule has 0 N–H and O–H groups in total. The van der Waals surface area contributed by atoms with Crippen LogP contribution in [0.4, 0.5) is 4.39 Å². The zero-order valence-corrected chi connectivity index (χ0v) is 13.7. The van der Waals surface area contributed by atoms with Crippen LogP contribution in [0.15, 0.2) is 18.2 Å². The topological polar surface area (TPSA) is 62.6 Å². The lowest BCUT2D eigenvalue weighted by atomic mass is 10.1. The minimum atomic E-state index is -0.406. The third kappa shape index (κ3) is 3.73. The Kier molecular flexibility index (Phi) is 4.80. The van der Waals surface area contributed by atoms with Crippen molar-refractivity contribution < 1.29 is 23.4 Å². The van der Waals surface area contributed by atoms with Gasteiger partial charge in [-0.15, -0.1) is 0 Å². The molecule has 1 aromatic carbocycles. The van der Waals surface area contributed by atoms with E-state index in [0.29, 0.717) is 23.4 Å². The number of benzene rings is 1. The van der Waals surface area contributed by atoms with Gasteiger partial charge in [-0.05, 0) is 32.0 Å². The number of rotatable bonds is 5. The van der Waals surface area contributed by atoms with Crippen molar-refractivity contribution in [3.63, 3.8) is 0 Å². The Labute approximate surface area is 139 Å². The van der Waals surface area contributed by atoms with E-state index in [1.54, 1.807) is 4.68 Å². The number of aryl methyl sites for hydroxylation is 3. The highest BCUT2D eigenvalue weighted by atomic mass is 19.1. The van der Waals surface area contributed by atoms with E-state index >= 15 is 0 Å². The molecule has 0 atom stereocenters. The van der Waals surface area contributed by atoms with Gasteiger partial charge < -0.3 is 14.2 Å². The molecule has 0 aliphatic carbocycles. The maximum Gasteiger partial charge on any atom is 0.308 e. The molecule has 128 valence electrons. The van der Waals surface area contributed by atoms with Crippen molar-refractivity contribution in [1.29, 1.82) is 0 Å². The van der Waals surface area contributed by atoms with E-state index in [9.17, 15) is 9.18 Å². The first-order chi connectivity index (χ1) is 11.5. The highest BCUT2D eigenvalue weighted by Gasteiger charge is 2.18. The van der Waals surface area contributed by atoms with Crippen molar-refractivity contribution in [2.24, 2.45) is 0 Å². The number of halogens is 1. The van der Waals surface area contributed by atoms with Crippen LogP contribution in [0.5, 0.6) is 5.75 Å². The summed E-state index contributed by atoms with van der Waals surface area (Å²) in [6, 6.07) is 4.63. The van der Waals surface area contributed by atoms with Gasteiger partial charge in [-0.25, -0.2) is 4.39 Å². The third-order valence-corrected chi connectivity index (χ3v) is 3.77. The molecule has 6 nitrogen and oxygen atoms in total. The molecule has 0 saturated heterocycles. The lowest BCUT2D eigenvalue weighted by molar-refractivity contribution is -0.145. The lowest BCUT2D eigenvalue weighted by Gasteiger charge is -2.20. The Morgan fingerprint density at radius 2 is 2.21 bits per heavy atom. The Bertz CT molecular complexity index is 757. The molecule has 0 fully saturated rings. The average Bonchev–Trinajstić information content (AvgIpc) is 2.88. The minimum Gasteiger partial charge on any atom is -0.467 e. The quantitative estimate of drug-likeness (QED) is 0.787. The van der Waals surface area contributed by atoms with Crippen LogP contribution in [0, 0.1) is 19.7 Å². The molecule has 7 heteroatoms. The number of hydrogen-bond donors (Lipinski definition) is 0. The summed E-state index contributed by atoms with van der Waals surface area (Å²) in [7, 11) is 0. The smallest absolute Gasteiger partial charge is 0.308 e. The molecule has 1 aromatic heterocycles. The van der Waals surface area contributed by atoms with E-state index in [1.807, 2.05) is 19.9 Å². The predicted molar refractivity (Wildman–Crippen MR) is 82.8 cm³/mol. The monoisotopic (exact) mass is 334 g/mol. The van der Waals surface area contributed by atoms with Crippen molar-refractivity contribution >= 4 is 5.97 Å². The lowest BCUT2D eigenvalue weighted by Crippen LogP contribution is -2.15. The van der Waals surface area contributed by atoms with Crippen molar-refractivity contribution in [3.05, 3.63) is 46.5 Å². The Morgan fingerprint density at radius 1 is 1.38 bits per heavy atom. The van der Waals surface area contributed by atoms with E-state index in [4.69, 9.17) is 14.2 Å². The van der Waals surface area contributed by atoms with Gasteiger partial charge in [0.2, 0.25) is 0 Å². The Hall–Kier alpha value is -2.41. The van der Waals surface area contributed by atoms with Gasteiger partial charge in [0.05, 0.1) is 25.3 Å². The second-order valence-corrected chi connectivity index (χ2v) is 5.72. The molecule has 2 aromatic rings. The van der Waals surface area contributed by atoms with Crippen molar-refractivity contribution in [1.82, 2.24) is 9.78 Å². The summed E-state index contributed by atoms with van der Waals surface area (Å²) < 4.78 is 31.2. The standard InChI is InChI=1S/C17H19FN2O4/c1-11-5-12(2)20(19-11)4-3-16(21)23-9-14-7-15(18)6-13-8-22-10-24-17(13)14/h5-7H,3-4,8-10H2,1-2H3. The summed E-state index contributed by atoms with van der Waals surface area (Å²) in [6.07, 6.45) is 0.198. The number of aromatic nitrogens is 2. The van der Waals surface area contributed by atoms with E-state index in [2.05, 4.69) is 5.10 Å². The van der Waals surface area contributed by atoms with E-state index < -0.39 is 5.82 Å². The molecule has 1 aliphatic heterocycles. The van der Waals surface area contributed by atoms with Crippen LogP contribution >= 0.6 is 0 Å². The number of fused-ring (bicyclic) bond motifs is 1. The first-order valence-corrected chi connectivity index (χ1v) is 7.71. The number of carbonyl (C=O) groups excluding carboxylic acids is 1. The maximum absolute atomic E-state index is 13.6. The van der Waals surface area contributed by atoms with Crippen LogP contribution in [0.2, 0.25) is 0 Å². The largest absolute Gasteiger partial charge is 0.467 e. The first kappa shape index (κ1) is 16.4. The van der Waals surface area contributed by atoms with Crippen LogP contribution in [-0.2, 0) is 34.0 Å². The zero-order chi connectivity index (χ0) is 17.1. The summed E-state index contributed by atoms with van der Waals surface area (Å²) >= 11 is 0. The molecule has 0 unspecified atom stereocenters. The van der Waals surface area contributed by atoms with Gasteiger partial charge in [0.25, 0.3) is 0 Å². The second kappa shape index (κ2) is 7.00. The van der Waals surface area contributed by atoms with Crippen LogP contribution in [-0.4, -0.2) is 22.5 Å². The number of ether oxygens (including phenoxy) is 3. The first-order valence-electron chi connectivity index (χ1n) is 7.71. The number of hydrogen-bond acceptors (Lipinski definition) is 5. The van der Waals surface area contributed by atoms with E-state index in [-0.39, 0.29) is 32.4 Å². The normalized spacial score (nSPS) is 13.3. The Morgan fingerprint density at radius 3 is 2.96 bits per heavy atom. The highest BCUT2D eigenvalue weighted by molar-refractivity contribution is 5.69. The molecule has 0 radical (unpaired) electrons. The fourth-order valence-electron chi connectivity index (χ4n) is 2.69. The predicted octanol–water partition coefficient (Wildman–Crippen LogP) is 2.64. The number of esters is 1. The van der Waals surface area contributed by atoms with Crippen molar-refractivity contribution in [2.75, 3.05) is 6.79 Å². The molecular weight excluding hydrogens is 315 g/mol. The van der Waals surface area contributed by atoms with Gasteiger partial charge in [-0.2, -0.15) is 5.10 Å². The molecular formula is C17H19FN2O4. The van der Waals surface area contributed by atoms with Gasteiger partial charge in [-0.3, -0.25) is 9.48 Å². The van der Waals surface area contributed by atoms with Gasteiger partial charge in [-0.1, -0.05) is 0 Å². The van der Waals surface area contributed by atoms with Crippen molar-refractivity contribution in [2.45, 2.75) is 40.0 Å². The molecule has 2 heterocycles. The molecule has 0 amide bonds. The maximum atomic E-state index is 13.6. The molecule has 0 spiro atoms. The summed E-state index contributed by atoms with van der Waals surface area (Å²) in [5.41, 5.74) is 3.03. The average molecular weight is 334 g/mol. The van der Waals surface area contributed by atoms with Gasteiger partial charge in [0.15, 0.2) is 6.79 Å². The zero-order valence-electron chi connectivity index (χ0n) is 13.7.